The molecule has 0 saturated heterocycles. The highest BCUT2D eigenvalue weighted by Crippen LogP contribution is 2.37. The molecule has 1 amide bonds. The SMILES string of the molecule is CC(C)[C@@H]1CC[C@@H](C)C[C@H]1OC(=O)[C@@](O[N+](=O)[O-])(C(N)=O)c1ccccc1. The minimum atomic E-state index is -2.63. The van der Waals surface area contributed by atoms with Gasteiger partial charge in [-0.1, -0.05) is 57.5 Å². The molecule has 0 aliphatic heterocycles. The van der Waals surface area contributed by atoms with Crippen molar-refractivity contribution >= 4 is 11.9 Å². The highest BCUT2D eigenvalue weighted by atomic mass is 17.0. The number of hydrogen-bond acceptors (Lipinski definition) is 6. The summed E-state index contributed by atoms with van der Waals surface area (Å²) >= 11 is 0. The monoisotopic (exact) mass is 378 g/mol. The Kier molecular flexibility index (Phi) is 6.41. The van der Waals surface area contributed by atoms with E-state index >= 15 is 0 Å². The van der Waals surface area contributed by atoms with Gasteiger partial charge in [0.2, 0.25) is 0 Å². The summed E-state index contributed by atoms with van der Waals surface area (Å²) in [6, 6.07) is 7.45. The molecular weight excluding hydrogens is 352 g/mol. The topological polar surface area (TPSA) is 122 Å². The number of esters is 1. The summed E-state index contributed by atoms with van der Waals surface area (Å²) in [5.74, 6) is -1.74. The van der Waals surface area contributed by atoms with Gasteiger partial charge in [-0.2, -0.15) is 0 Å². The molecule has 8 nitrogen and oxygen atoms in total. The number of hydrogen-bond donors (Lipinski definition) is 1. The van der Waals surface area contributed by atoms with Crippen molar-refractivity contribution in [2.24, 2.45) is 23.5 Å². The summed E-state index contributed by atoms with van der Waals surface area (Å²) in [4.78, 5) is 40.9. The summed E-state index contributed by atoms with van der Waals surface area (Å²) in [5, 5.41) is 9.89. The molecule has 0 unspecified atom stereocenters. The van der Waals surface area contributed by atoms with Gasteiger partial charge >= 0.3 is 11.6 Å². The molecule has 0 radical (unpaired) electrons. The van der Waals surface area contributed by atoms with E-state index in [9.17, 15) is 19.7 Å². The van der Waals surface area contributed by atoms with E-state index in [-0.39, 0.29) is 17.4 Å². The van der Waals surface area contributed by atoms with Gasteiger partial charge in [-0.3, -0.25) is 9.63 Å². The molecular formula is C19H26N2O6. The Bertz CT molecular complexity index is 693. The Labute approximate surface area is 158 Å². The standard InChI is InChI=1S/C19H26N2O6/c1-12(2)15-10-9-13(3)11-16(15)26-18(23)19(17(20)22,27-21(24)25)14-7-5-4-6-8-14/h4-8,12-13,15-16H,9-11H2,1-3H3,(H2,20,22)/t13-,15+,16-,19+/m1/s1. The van der Waals surface area contributed by atoms with Gasteiger partial charge < -0.3 is 10.5 Å². The van der Waals surface area contributed by atoms with Gasteiger partial charge in [-0.25, -0.2) is 4.79 Å². The molecule has 8 heteroatoms. The van der Waals surface area contributed by atoms with Crippen molar-refractivity contribution in [1.82, 2.24) is 0 Å². The molecule has 1 fully saturated rings. The molecule has 1 aliphatic carbocycles. The third-order valence-corrected chi connectivity index (χ3v) is 5.25. The van der Waals surface area contributed by atoms with Crippen LogP contribution in [0.1, 0.15) is 45.6 Å². The fourth-order valence-corrected chi connectivity index (χ4v) is 3.75. The molecule has 2 N–H and O–H groups in total. The zero-order valence-corrected chi connectivity index (χ0v) is 15.8. The Morgan fingerprint density at radius 2 is 1.89 bits per heavy atom. The molecule has 2 rings (SSSR count). The lowest BCUT2D eigenvalue weighted by molar-refractivity contribution is -0.774. The maximum Gasteiger partial charge on any atom is 0.353 e. The molecule has 1 aromatic carbocycles. The van der Waals surface area contributed by atoms with Gasteiger partial charge in [0.1, 0.15) is 6.10 Å². The minimum absolute atomic E-state index is 0.0378. The van der Waals surface area contributed by atoms with Crippen LogP contribution in [-0.2, 0) is 24.8 Å². The maximum absolute atomic E-state index is 13.0. The largest absolute Gasteiger partial charge is 0.460 e. The van der Waals surface area contributed by atoms with Gasteiger partial charge in [-0.15, -0.1) is 10.1 Å². The number of primary amides is 1. The zero-order valence-electron chi connectivity index (χ0n) is 15.8. The van der Waals surface area contributed by atoms with Gasteiger partial charge in [0.25, 0.3) is 11.0 Å². The fourth-order valence-electron chi connectivity index (χ4n) is 3.75. The fraction of sp³-hybridized carbons (Fsp3) is 0.579. The molecule has 0 aromatic heterocycles. The van der Waals surface area contributed by atoms with Crippen LogP contribution >= 0.6 is 0 Å². The van der Waals surface area contributed by atoms with Crippen LogP contribution in [0.4, 0.5) is 0 Å². The van der Waals surface area contributed by atoms with Crippen LogP contribution in [0, 0.1) is 27.9 Å². The van der Waals surface area contributed by atoms with Gasteiger partial charge in [0.05, 0.1) is 0 Å². The first-order valence-corrected chi connectivity index (χ1v) is 9.08. The Morgan fingerprint density at radius 1 is 1.26 bits per heavy atom. The van der Waals surface area contributed by atoms with Crippen molar-refractivity contribution in [1.29, 1.82) is 0 Å². The summed E-state index contributed by atoms with van der Waals surface area (Å²) in [6.07, 6.45) is 2.06. The Hall–Kier alpha value is -2.64. The second-order valence-corrected chi connectivity index (χ2v) is 7.50. The summed E-state index contributed by atoms with van der Waals surface area (Å²) in [7, 11) is 0. The molecule has 0 spiro atoms. The van der Waals surface area contributed by atoms with Crippen LogP contribution in [0.2, 0.25) is 0 Å². The number of rotatable bonds is 7. The Balaban J connectivity index is 2.41. The normalized spacial score (nSPS) is 24.7. The first-order chi connectivity index (χ1) is 12.7. The van der Waals surface area contributed by atoms with E-state index in [1.807, 2.05) is 13.8 Å². The van der Waals surface area contributed by atoms with Crippen LogP contribution in [0.15, 0.2) is 30.3 Å². The van der Waals surface area contributed by atoms with Crippen molar-refractivity contribution in [3.8, 4) is 0 Å². The van der Waals surface area contributed by atoms with E-state index in [4.69, 9.17) is 10.5 Å². The van der Waals surface area contributed by atoms with Gasteiger partial charge in [0, 0.05) is 5.56 Å². The van der Waals surface area contributed by atoms with Crippen LogP contribution < -0.4 is 5.73 Å². The molecule has 1 aliphatic rings. The highest BCUT2D eigenvalue weighted by molar-refractivity contribution is 6.06. The van der Waals surface area contributed by atoms with Crippen molar-refractivity contribution < 1.29 is 24.3 Å². The molecule has 4 atom stereocenters. The number of carbonyl (C=O) groups excluding carboxylic acids is 2. The van der Waals surface area contributed by atoms with E-state index in [2.05, 4.69) is 11.8 Å². The third-order valence-electron chi connectivity index (χ3n) is 5.25. The first-order valence-electron chi connectivity index (χ1n) is 9.08. The third kappa shape index (κ3) is 4.37. The van der Waals surface area contributed by atoms with E-state index in [1.54, 1.807) is 6.07 Å². The van der Waals surface area contributed by atoms with Crippen molar-refractivity contribution in [3.63, 3.8) is 0 Å². The number of nitrogens with zero attached hydrogens (tertiary/aromatic N) is 1. The van der Waals surface area contributed by atoms with Crippen molar-refractivity contribution in [3.05, 3.63) is 46.0 Å². The summed E-state index contributed by atoms with van der Waals surface area (Å²) in [6.45, 7) is 6.13. The lowest BCUT2D eigenvalue weighted by atomic mass is 9.75. The van der Waals surface area contributed by atoms with Gasteiger partial charge in [-0.05, 0) is 30.6 Å². The molecule has 0 bridgehead atoms. The Morgan fingerprint density at radius 3 is 2.41 bits per heavy atom. The smallest absolute Gasteiger partial charge is 0.353 e. The predicted molar refractivity (Wildman–Crippen MR) is 96.6 cm³/mol. The number of amides is 1. The molecule has 1 saturated carbocycles. The minimum Gasteiger partial charge on any atom is -0.460 e. The highest BCUT2D eigenvalue weighted by Gasteiger charge is 2.53. The second kappa shape index (κ2) is 8.37. The average molecular weight is 378 g/mol. The molecule has 27 heavy (non-hydrogen) atoms. The van der Waals surface area contributed by atoms with Crippen molar-refractivity contribution in [2.75, 3.05) is 0 Å². The number of benzene rings is 1. The van der Waals surface area contributed by atoms with Crippen LogP contribution in [0.25, 0.3) is 0 Å². The van der Waals surface area contributed by atoms with Gasteiger partial charge in [0.15, 0.2) is 0 Å². The van der Waals surface area contributed by atoms with E-state index in [0.29, 0.717) is 12.3 Å². The van der Waals surface area contributed by atoms with Crippen molar-refractivity contribution in [2.45, 2.75) is 51.7 Å². The lowest BCUT2D eigenvalue weighted by Crippen LogP contribution is -2.53. The van der Waals surface area contributed by atoms with E-state index in [1.165, 1.54) is 24.3 Å². The number of nitrogens with two attached hydrogens (primary N) is 1. The molecule has 0 heterocycles. The predicted octanol–water partition coefficient (Wildman–Crippen LogP) is 2.58. The number of ether oxygens (including phenoxy) is 1. The summed E-state index contributed by atoms with van der Waals surface area (Å²) in [5.41, 5.74) is 2.74. The van der Waals surface area contributed by atoms with Crippen LogP contribution in [0.3, 0.4) is 0 Å². The maximum atomic E-state index is 13.0. The van der Waals surface area contributed by atoms with Crippen LogP contribution in [-0.4, -0.2) is 23.1 Å². The second-order valence-electron chi connectivity index (χ2n) is 7.50. The number of carbonyl (C=O) groups is 2. The molecule has 1 aromatic rings. The quantitative estimate of drug-likeness (QED) is 0.337. The first kappa shape index (κ1) is 20.7. The lowest BCUT2D eigenvalue weighted by Gasteiger charge is -2.38. The van der Waals surface area contributed by atoms with E-state index < -0.39 is 28.7 Å². The van der Waals surface area contributed by atoms with E-state index in [0.717, 1.165) is 12.8 Å². The van der Waals surface area contributed by atoms with Crippen LogP contribution in [0.5, 0.6) is 0 Å². The summed E-state index contributed by atoms with van der Waals surface area (Å²) < 4.78 is 5.65. The average Bonchev–Trinajstić information content (AvgIpc) is 2.59. The molecule has 148 valence electrons. The zero-order chi connectivity index (χ0) is 20.2.